The predicted octanol–water partition coefficient (Wildman–Crippen LogP) is 2.79. The van der Waals surface area contributed by atoms with Crippen molar-refractivity contribution in [1.82, 2.24) is 29.2 Å². The van der Waals surface area contributed by atoms with Gasteiger partial charge in [0.25, 0.3) is 5.56 Å². The SMILES string of the molecule is Cc1cn2cc(-c3nc(C)c4c(=O)n(C5CCNCC5)ccc4n3)cc(F)c2n1. The van der Waals surface area contributed by atoms with E-state index in [1.54, 1.807) is 28.3 Å². The third-order valence-electron chi connectivity index (χ3n) is 5.55. The first-order valence-electron chi connectivity index (χ1n) is 9.77. The molecule has 4 aromatic rings. The minimum atomic E-state index is -0.432. The van der Waals surface area contributed by atoms with Crippen molar-refractivity contribution in [2.75, 3.05) is 13.1 Å². The monoisotopic (exact) mass is 392 g/mol. The van der Waals surface area contributed by atoms with Crippen LogP contribution in [0.15, 0.2) is 35.5 Å². The second-order valence-corrected chi connectivity index (χ2v) is 7.59. The molecule has 7 nitrogen and oxygen atoms in total. The summed E-state index contributed by atoms with van der Waals surface area (Å²) in [4.78, 5) is 26.4. The Bertz CT molecular complexity index is 1300. The molecular formula is C21H21FN6O. The maximum Gasteiger partial charge on any atom is 0.262 e. The van der Waals surface area contributed by atoms with Crippen LogP contribution in [0.3, 0.4) is 0 Å². The van der Waals surface area contributed by atoms with E-state index in [0.717, 1.165) is 31.6 Å². The van der Waals surface area contributed by atoms with Gasteiger partial charge in [0, 0.05) is 30.2 Å². The first-order valence-corrected chi connectivity index (χ1v) is 9.77. The summed E-state index contributed by atoms with van der Waals surface area (Å²) >= 11 is 0. The van der Waals surface area contributed by atoms with E-state index >= 15 is 0 Å². The van der Waals surface area contributed by atoms with Crippen LogP contribution in [-0.2, 0) is 0 Å². The third kappa shape index (κ3) is 3.00. The van der Waals surface area contributed by atoms with Crippen LogP contribution in [-0.4, -0.2) is 37.0 Å². The summed E-state index contributed by atoms with van der Waals surface area (Å²) in [6, 6.07) is 3.43. The molecule has 1 aliphatic heterocycles. The number of imidazole rings is 1. The van der Waals surface area contributed by atoms with Gasteiger partial charge in [0.05, 0.1) is 22.3 Å². The summed E-state index contributed by atoms with van der Waals surface area (Å²) in [6.45, 7) is 5.44. The predicted molar refractivity (Wildman–Crippen MR) is 109 cm³/mol. The number of nitrogens with one attached hydrogen (secondary N) is 1. The number of hydrogen-bond donors (Lipinski definition) is 1. The summed E-state index contributed by atoms with van der Waals surface area (Å²) in [5.41, 5.74) is 2.65. The molecule has 0 amide bonds. The van der Waals surface area contributed by atoms with Crippen molar-refractivity contribution in [1.29, 1.82) is 0 Å². The lowest BCUT2D eigenvalue weighted by Gasteiger charge is -2.25. The molecule has 0 radical (unpaired) electrons. The average molecular weight is 392 g/mol. The molecule has 1 N–H and O–H groups in total. The zero-order valence-electron chi connectivity index (χ0n) is 16.3. The second-order valence-electron chi connectivity index (χ2n) is 7.59. The highest BCUT2D eigenvalue weighted by molar-refractivity contribution is 5.81. The molecule has 4 aromatic heterocycles. The van der Waals surface area contributed by atoms with Crippen molar-refractivity contribution in [3.63, 3.8) is 0 Å². The van der Waals surface area contributed by atoms with Crippen molar-refractivity contribution >= 4 is 16.6 Å². The van der Waals surface area contributed by atoms with Crippen molar-refractivity contribution < 1.29 is 4.39 Å². The van der Waals surface area contributed by atoms with Gasteiger partial charge in [-0.2, -0.15) is 0 Å². The van der Waals surface area contributed by atoms with Crippen molar-refractivity contribution in [2.45, 2.75) is 32.7 Å². The lowest BCUT2D eigenvalue weighted by molar-refractivity contribution is 0.362. The molecule has 1 fully saturated rings. The van der Waals surface area contributed by atoms with Gasteiger partial charge in [0.1, 0.15) is 0 Å². The maximum atomic E-state index is 14.5. The normalized spacial score (nSPS) is 15.4. The number of piperidine rings is 1. The van der Waals surface area contributed by atoms with E-state index in [4.69, 9.17) is 0 Å². The number of halogens is 1. The van der Waals surface area contributed by atoms with Crippen LogP contribution < -0.4 is 10.9 Å². The molecule has 1 aliphatic rings. The molecule has 0 spiro atoms. The molecule has 0 unspecified atom stereocenters. The topological polar surface area (TPSA) is 77.1 Å². The van der Waals surface area contributed by atoms with E-state index < -0.39 is 5.82 Å². The van der Waals surface area contributed by atoms with Gasteiger partial charge in [0.15, 0.2) is 17.3 Å². The van der Waals surface area contributed by atoms with Crippen molar-refractivity contribution in [2.24, 2.45) is 0 Å². The molecule has 29 heavy (non-hydrogen) atoms. The van der Waals surface area contributed by atoms with Gasteiger partial charge >= 0.3 is 0 Å². The van der Waals surface area contributed by atoms with Crippen LogP contribution in [0.2, 0.25) is 0 Å². The number of aromatic nitrogens is 5. The van der Waals surface area contributed by atoms with Gasteiger partial charge in [-0.3, -0.25) is 4.79 Å². The molecule has 8 heteroatoms. The number of aryl methyl sites for hydroxylation is 2. The number of hydrogen-bond acceptors (Lipinski definition) is 5. The third-order valence-corrected chi connectivity index (χ3v) is 5.55. The maximum absolute atomic E-state index is 14.5. The highest BCUT2D eigenvalue weighted by Crippen LogP contribution is 2.24. The fraction of sp³-hybridized carbons (Fsp3) is 0.333. The smallest absolute Gasteiger partial charge is 0.262 e. The van der Waals surface area contributed by atoms with Crippen LogP contribution in [0.25, 0.3) is 27.9 Å². The molecule has 5 heterocycles. The standard InChI is InChI=1S/C21H21FN6O/c1-12-10-27-11-14(9-16(22)20(27)24-12)19-25-13(2)18-17(26-19)5-8-28(21(18)29)15-3-6-23-7-4-15/h5,8-11,15,23H,3-4,6-7H2,1-2H3. The Labute approximate surface area is 166 Å². The number of pyridine rings is 2. The Hall–Kier alpha value is -3.13. The van der Waals surface area contributed by atoms with Crippen LogP contribution in [0.5, 0.6) is 0 Å². The second kappa shape index (κ2) is 6.73. The van der Waals surface area contributed by atoms with Gasteiger partial charge < -0.3 is 14.3 Å². The highest BCUT2D eigenvalue weighted by Gasteiger charge is 2.19. The number of fused-ring (bicyclic) bond motifs is 2. The Morgan fingerprint density at radius 1 is 1.14 bits per heavy atom. The van der Waals surface area contributed by atoms with Crippen LogP contribution in [0, 0.1) is 19.7 Å². The Balaban J connectivity index is 1.64. The zero-order valence-corrected chi connectivity index (χ0v) is 16.3. The molecule has 0 bridgehead atoms. The van der Waals surface area contributed by atoms with E-state index in [9.17, 15) is 9.18 Å². The van der Waals surface area contributed by atoms with Crippen LogP contribution in [0.4, 0.5) is 4.39 Å². The van der Waals surface area contributed by atoms with Crippen molar-refractivity contribution in [3.8, 4) is 11.4 Å². The van der Waals surface area contributed by atoms with Crippen LogP contribution >= 0.6 is 0 Å². The Kier molecular flexibility index (Phi) is 4.16. The summed E-state index contributed by atoms with van der Waals surface area (Å²) in [5, 5.41) is 3.84. The fourth-order valence-corrected chi connectivity index (χ4v) is 4.13. The highest BCUT2D eigenvalue weighted by atomic mass is 19.1. The summed E-state index contributed by atoms with van der Waals surface area (Å²) in [6.07, 6.45) is 7.18. The minimum absolute atomic E-state index is 0.0645. The molecule has 0 aromatic carbocycles. The first kappa shape index (κ1) is 17.9. The van der Waals surface area contributed by atoms with Gasteiger partial charge in [-0.05, 0) is 51.9 Å². The van der Waals surface area contributed by atoms with E-state index in [2.05, 4.69) is 20.3 Å². The Morgan fingerprint density at radius 2 is 1.93 bits per heavy atom. The lowest BCUT2D eigenvalue weighted by Crippen LogP contribution is -2.34. The molecular weight excluding hydrogens is 371 g/mol. The van der Waals surface area contributed by atoms with Gasteiger partial charge in [-0.15, -0.1) is 0 Å². The van der Waals surface area contributed by atoms with E-state index in [0.29, 0.717) is 28.0 Å². The summed E-state index contributed by atoms with van der Waals surface area (Å²) < 4.78 is 17.9. The van der Waals surface area contributed by atoms with E-state index in [1.807, 2.05) is 19.2 Å². The molecule has 148 valence electrons. The summed E-state index contributed by atoms with van der Waals surface area (Å²) in [5.74, 6) is -0.0422. The van der Waals surface area contributed by atoms with Gasteiger partial charge in [0.2, 0.25) is 0 Å². The van der Waals surface area contributed by atoms with E-state index in [1.165, 1.54) is 6.07 Å². The van der Waals surface area contributed by atoms with Crippen LogP contribution in [0.1, 0.15) is 30.3 Å². The number of nitrogens with zero attached hydrogens (tertiary/aromatic N) is 5. The molecule has 0 atom stereocenters. The largest absolute Gasteiger partial charge is 0.317 e. The Morgan fingerprint density at radius 3 is 2.72 bits per heavy atom. The molecule has 5 rings (SSSR count). The van der Waals surface area contributed by atoms with Gasteiger partial charge in [-0.25, -0.2) is 19.3 Å². The van der Waals surface area contributed by atoms with Crippen molar-refractivity contribution in [3.05, 3.63) is 58.3 Å². The fourth-order valence-electron chi connectivity index (χ4n) is 4.13. The summed E-state index contributed by atoms with van der Waals surface area (Å²) in [7, 11) is 0. The average Bonchev–Trinajstić information content (AvgIpc) is 3.09. The zero-order chi connectivity index (χ0) is 20.1. The lowest BCUT2D eigenvalue weighted by atomic mass is 10.1. The molecule has 0 aliphatic carbocycles. The minimum Gasteiger partial charge on any atom is -0.317 e. The van der Waals surface area contributed by atoms with E-state index in [-0.39, 0.29) is 17.2 Å². The first-order chi connectivity index (χ1) is 14.0. The molecule has 0 saturated carbocycles. The number of rotatable bonds is 2. The quantitative estimate of drug-likeness (QED) is 0.568. The molecule has 1 saturated heterocycles. The van der Waals surface area contributed by atoms with Gasteiger partial charge in [-0.1, -0.05) is 0 Å².